The van der Waals surface area contributed by atoms with Gasteiger partial charge in [0.05, 0.1) is 19.8 Å². The van der Waals surface area contributed by atoms with Crippen LogP contribution in [0.5, 0.6) is 11.5 Å². The standard InChI is InChI=1S/C17H16N2O2/c1-3-21-17-12-14(4-5-16(17)20-2)15(6-9-18)13-7-10-19-11-8-13/h4-8,10-12H,3H2,1-2H3/b15-6+. The van der Waals surface area contributed by atoms with Crippen LogP contribution in [0.1, 0.15) is 18.1 Å². The van der Waals surface area contributed by atoms with Crippen molar-refractivity contribution < 1.29 is 9.47 Å². The summed E-state index contributed by atoms with van der Waals surface area (Å²) in [5, 5.41) is 9.03. The highest BCUT2D eigenvalue weighted by Gasteiger charge is 2.10. The van der Waals surface area contributed by atoms with Gasteiger partial charge in [-0.05, 0) is 47.9 Å². The molecule has 0 atom stereocenters. The second-order valence-corrected chi connectivity index (χ2v) is 4.22. The first-order valence-electron chi connectivity index (χ1n) is 6.61. The largest absolute Gasteiger partial charge is 0.493 e. The molecular weight excluding hydrogens is 264 g/mol. The molecule has 0 bridgehead atoms. The van der Waals surface area contributed by atoms with Crippen molar-refractivity contribution in [1.82, 2.24) is 4.98 Å². The Kier molecular flexibility index (Phi) is 4.94. The summed E-state index contributed by atoms with van der Waals surface area (Å²) in [6.07, 6.45) is 4.92. The summed E-state index contributed by atoms with van der Waals surface area (Å²) in [7, 11) is 1.60. The number of nitriles is 1. The number of ether oxygens (including phenoxy) is 2. The first kappa shape index (κ1) is 14.6. The van der Waals surface area contributed by atoms with E-state index in [1.165, 1.54) is 6.08 Å². The third-order valence-corrected chi connectivity index (χ3v) is 2.97. The molecule has 0 saturated heterocycles. The SMILES string of the molecule is CCOc1cc(/C(=C/C#N)c2ccncc2)ccc1OC. The number of hydrogen-bond donors (Lipinski definition) is 0. The maximum atomic E-state index is 9.03. The monoisotopic (exact) mass is 280 g/mol. The number of hydrogen-bond acceptors (Lipinski definition) is 4. The zero-order valence-corrected chi connectivity index (χ0v) is 12.0. The van der Waals surface area contributed by atoms with Crippen molar-refractivity contribution in [3.8, 4) is 17.6 Å². The summed E-state index contributed by atoms with van der Waals surface area (Å²) >= 11 is 0. The molecule has 0 spiro atoms. The Balaban J connectivity index is 2.50. The molecule has 4 heteroatoms. The predicted octanol–water partition coefficient (Wildman–Crippen LogP) is 3.44. The van der Waals surface area contributed by atoms with Crippen LogP contribution in [0.4, 0.5) is 0 Å². The third-order valence-electron chi connectivity index (χ3n) is 2.97. The average molecular weight is 280 g/mol. The molecule has 2 rings (SSSR count). The Hall–Kier alpha value is -2.80. The summed E-state index contributed by atoms with van der Waals surface area (Å²) in [5.41, 5.74) is 2.65. The highest BCUT2D eigenvalue weighted by molar-refractivity contribution is 5.82. The molecule has 21 heavy (non-hydrogen) atoms. The number of pyridine rings is 1. The van der Waals surface area contributed by atoms with Crippen molar-refractivity contribution in [1.29, 1.82) is 5.26 Å². The Bertz CT molecular complexity index is 673. The summed E-state index contributed by atoms with van der Waals surface area (Å²) in [5.74, 6) is 1.34. The highest BCUT2D eigenvalue weighted by Crippen LogP contribution is 2.32. The summed E-state index contributed by atoms with van der Waals surface area (Å²) in [4.78, 5) is 4.00. The summed E-state index contributed by atoms with van der Waals surface area (Å²) in [6, 6.07) is 11.5. The van der Waals surface area contributed by atoms with Gasteiger partial charge in [0.2, 0.25) is 0 Å². The molecule has 0 fully saturated rings. The van der Waals surface area contributed by atoms with Crippen LogP contribution in [0.25, 0.3) is 5.57 Å². The van der Waals surface area contributed by atoms with Gasteiger partial charge in [-0.25, -0.2) is 0 Å². The molecule has 0 aliphatic carbocycles. The minimum atomic E-state index is 0.548. The number of allylic oxidation sites excluding steroid dienone is 1. The van der Waals surface area contributed by atoms with Crippen molar-refractivity contribution in [2.45, 2.75) is 6.92 Å². The smallest absolute Gasteiger partial charge is 0.161 e. The fourth-order valence-corrected chi connectivity index (χ4v) is 2.04. The number of aromatic nitrogens is 1. The van der Waals surface area contributed by atoms with Crippen LogP contribution < -0.4 is 9.47 Å². The van der Waals surface area contributed by atoms with Crippen molar-refractivity contribution in [2.24, 2.45) is 0 Å². The molecule has 0 N–H and O–H groups in total. The van der Waals surface area contributed by atoms with Gasteiger partial charge in [-0.2, -0.15) is 5.26 Å². The first-order valence-corrected chi connectivity index (χ1v) is 6.61. The number of benzene rings is 1. The second-order valence-electron chi connectivity index (χ2n) is 4.22. The van der Waals surface area contributed by atoms with Gasteiger partial charge in [-0.15, -0.1) is 0 Å². The van der Waals surface area contributed by atoms with Gasteiger partial charge in [-0.3, -0.25) is 4.98 Å². The van der Waals surface area contributed by atoms with E-state index in [4.69, 9.17) is 14.7 Å². The van der Waals surface area contributed by atoms with E-state index in [-0.39, 0.29) is 0 Å². The molecule has 0 aliphatic heterocycles. The fraction of sp³-hybridized carbons (Fsp3) is 0.176. The Labute approximate surface area is 124 Å². The van der Waals surface area contributed by atoms with E-state index >= 15 is 0 Å². The van der Waals surface area contributed by atoms with E-state index in [1.54, 1.807) is 19.5 Å². The molecular formula is C17H16N2O2. The molecule has 0 aliphatic rings. The topological polar surface area (TPSA) is 55.1 Å². The molecule has 2 aromatic rings. The summed E-state index contributed by atoms with van der Waals surface area (Å²) < 4.78 is 10.9. The van der Waals surface area contributed by atoms with Crippen molar-refractivity contribution in [2.75, 3.05) is 13.7 Å². The van der Waals surface area contributed by atoms with Gasteiger partial charge in [0.25, 0.3) is 0 Å². The fourth-order valence-electron chi connectivity index (χ4n) is 2.04. The predicted molar refractivity (Wildman–Crippen MR) is 81.1 cm³/mol. The zero-order valence-electron chi connectivity index (χ0n) is 12.0. The third kappa shape index (κ3) is 3.40. The molecule has 0 amide bonds. The van der Waals surface area contributed by atoms with Crippen molar-refractivity contribution in [3.63, 3.8) is 0 Å². The van der Waals surface area contributed by atoms with E-state index in [9.17, 15) is 0 Å². The van der Waals surface area contributed by atoms with Crippen LogP contribution in [0.3, 0.4) is 0 Å². The van der Waals surface area contributed by atoms with Gasteiger partial charge in [0.15, 0.2) is 11.5 Å². The maximum absolute atomic E-state index is 9.03. The quantitative estimate of drug-likeness (QED) is 0.787. The molecule has 4 nitrogen and oxygen atoms in total. The van der Waals surface area contributed by atoms with Gasteiger partial charge in [0.1, 0.15) is 0 Å². The van der Waals surface area contributed by atoms with Crippen molar-refractivity contribution >= 4 is 5.57 Å². The minimum Gasteiger partial charge on any atom is -0.493 e. The second kappa shape index (κ2) is 7.11. The Morgan fingerprint density at radius 3 is 2.57 bits per heavy atom. The summed E-state index contributed by atoms with van der Waals surface area (Å²) in [6.45, 7) is 2.47. The maximum Gasteiger partial charge on any atom is 0.161 e. The Morgan fingerprint density at radius 1 is 1.19 bits per heavy atom. The molecule has 1 aromatic heterocycles. The van der Waals surface area contributed by atoms with Crippen LogP contribution in [0.2, 0.25) is 0 Å². The minimum absolute atomic E-state index is 0.548. The molecule has 0 unspecified atom stereocenters. The van der Waals surface area contributed by atoms with Crippen molar-refractivity contribution in [3.05, 3.63) is 59.9 Å². The lowest BCUT2D eigenvalue weighted by atomic mass is 9.98. The van der Waals surface area contributed by atoms with Gasteiger partial charge in [0, 0.05) is 18.5 Å². The lowest BCUT2D eigenvalue weighted by molar-refractivity contribution is 0.311. The number of methoxy groups -OCH3 is 1. The molecule has 1 heterocycles. The van der Waals surface area contributed by atoms with Crippen LogP contribution in [-0.4, -0.2) is 18.7 Å². The normalized spacial score (nSPS) is 10.8. The molecule has 1 aromatic carbocycles. The molecule has 106 valence electrons. The van der Waals surface area contributed by atoms with Crippen LogP contribution >= 0.6 is 0 Å². The highest BCUT2D eigenvalue weighted by atomic mass is 16.5. The van der Waals surface area contributed by atoms with Gasteiger partial charge >= 0.3 is 0 Å². The van der Waals surface area contributed by atoms with E-state index in [1.807, 2.05) is 37.3 Å². The van der Waals surface area contributed by atoms with Gasteiger partial charge in [-0.1, -0.05) is 6.07 Å². The number of rotatable bonds is 5. The lowest BCUT2D eigenvalue weighted by Gasteiger charge is -2.13. The average Bonchev–Trinajstić information content (AvgIpc) is 2.54. The molecule has 0 saturated carbocycles. The van der Waals surface area contributed by atoms with Gasteiger partial charge < -0.3 is 9.47 Å². The van der Waals surface area contributed by atoms with Crippen LogP contribution in [-0.2, 0) is 0 Å². The lowest BCUT2D eigenvalue weighted by Crippen LogP contribution is -1.97. The zero-order chi connectivity index (χ0) is 15.1. The van der Waals surface area contributed by atoms with Crippen LogP contribution in [0, 0.1) is 11.3 Å². The van der Waals surface area contributed by atoms with Crippen LogP contribution in [0.15, 0.2) is 48.8 Å². The Morgan fingerprint density at radius 2 is 1.95 bits per heavy atom. The van der Waals surface area contributed by atoms with E-state index < -0.39 is 0 Å². The van der Waals surface area contributed by atoms with E-state index in [2.05, 4.69) is 11.1 Å². The first-order chi connectivity index (χ1) is 10.3. The number of nitrogens with zero attached hydrogens (tertiary/aromatic N) is 2. The molecule has 0 radical (unpaired) electrons. The van der Waals surface area contributed by atoms with E-state index in [0.29, 0.717) is 18.1 Å². The van der Waals surface area contributed by atoms with E-state index in [0.717, 1.165) is 16.7 Å².